The zero-order valence-electron chi connectivity index (χ0n) is 11.9. The van der Waals surface area contributed by atoms with Gasteiger partial charge in [-0.15, -0.1) is 0 Å². The van der Waals surface area contributed by atoms with E-state index in [4.69, 9.17) is 10.5 Å². The molecule has 0 bridgehead atoms. The predicted molar refractivity (Wildman–Crippen MR) is 80.6 cm³/mol. The number of rotatable bonds is 4. The predicted octanol–water partition coefficient (Wildman–Crippen LogP) is 1.90. The third kappa shape index (κ3) is 3.64. The highest BCUT2D eigenvalue weighted by Crippen LogP contribution is 2.26. The highest BCUT2D eigenvalue weighted by Gasteiger charge is 2.21. The molecule has 0 amide bonds. The molecule has 1 aliphatic heterocycles. The highest BCUT2D eigenvalue weighted by molar-refractivity contribution is 7.90. The molecule has 0 radical (unpaired) electrons. The van der Waals surface area contributed by atoms with Crippen LogP contribution in [0.25, 0.3) is 0 Å². The molecule has 0 aliphatic carbocycles. The number of nitrogens with one attached hydrogen (secondary N) is 1. The van der Waals surface area contributed by atoms with Gasteiger partial charge in [0.25, 0.3) is 0 Å². The highest BCUT2D eigenvalue weighted by atomic mass is 32.2. The average Bonchev–Trinajstić information content (AvgIpc) is 2.41. The van der Waals surface area contributed by atoms with Gasteiger partial charge in [0.15, 0.2) is 9.84 Å². The molecule has 1 heterocycles. The van der Waals surface area contributed by atoms with Crippen LogP contribution in [-0.4, -0.2) is 33.9 Å². The first-order valence-corrected chi connectivity index (χ1v) is 8.71. The molecule has 20 heavy (non-hydrogen) atoms. The van der Waals surface area contributed by atoms with Gasteiger partial charge in [-0.25, -0.2) is 8.42 Å². The standard InChI is InChI=1S/C14H22N2O3S/c1-10(11-5-7-19-8-6-11)16-14-4-3-12(9-13(14)15)20(2,17)18/h3-4,9-11,16H,5-8,15H2,1-2H3. The Morgan fingerprint density at radius 1 is 1.35 bits per heavy atom. The number of nitrogens with two attached hydrogens (primary N) is 1. The van der Waals surface area contributed by atoms with Crippen molar-refractivity contribution in [3.05, 3.63) is 18.2 Å². The lowest BCUT2D eigenvalue weighted by atomic mass is 9.93. The van der Waals surface area contributed by atoms with Crippen molar-refractivity contribution in [3.63, 3.8) is 0 Å². The SMILES string of the molecule is CC(Nc1ccc(S(C)(=O)=O)cc1N)C1CCOCC1. The van der Waals surface area contributed by atoms with Crippen molar-refractivity contribution in [2.75, 3.05) is 30.5 Å². The largest absolute Gasteiger partial charge is 0.397 e. The number of hydrogen-bond acceptors (Lipinski definition) is 5. The Balaban J connectivity index is 2.09. The number of anilines is 2. The summed E-state index contributed by atoms with van der Waals surface area (Å²) in [4.78, 5) is 0.249. The molecule has 112 valence electrons. The molecule has 1 atom stereocenters. The van der Waals surface area contributed by atoms with Gasteiger partial charge in [0.1, 0.15) is 0 Å². The van der Waals surface area contributed by atoms with Crippen LogP contribution >= 0.6 is 0 Å². The van der Waals surface area contributed by atoms with Gasteiger partial charge in [0.05, 0.1) is 16.3 Å². The van der Waals surface area contributed by atoms with E-state index in [1.54, 1.807) is 12.1 Å². The fourth-order valence-corrected chi connectivity index (χ4v) is 3.14. The lowest BCUT2D eigenvalue weighted by molar-refractivity contribution is 0.0622. The zero-order valence-corrected chi connectivity index (χ0v) is 12.7. The summed E-state index contributed by atoms with van der Waals surface area (Å²) in [7, 11) is -3.22. The fourth-order valence-electron chi connectivity index (χ4n) is 2.48. The van der Waals surface area contributed by atoms with Gasteiger partial charge >= 0.3 is 0 Å². The molecule has 1 saturated heterocycles. The van der Waals surface area contributed by atoms with Crippen LogP contribution < -0.4 is 11.1 Å². The molecule has 1 unspecified atom stereocenters. The summed E-state index contributed by atoms with van der Waals surface area (Å²) in [6, 6.07) is 5.12. The minimum Gasteiger partial charge on any atom is -0.397 e. The van der Waals surface area contributed by atoms with Gasteiger partial charge in [-0.1, -0.05) is 0 Å². The van der Waals surface area contributed by atoms with Crippen molar-refractivity contribution in [2.45, 2.75) is 30.7 Å². The summed E-state index contributed by atoms with van der Waals surface area (Å²) in [5.41, 5.74) is 7.20. The van der Waals surface area contributed by atoms with Crippen molar-refractivity contribution in [1.29, 1.82) is 0 Å². The summed E-state index contributed by atoms with van der Waals surface area (Å²) in [5, 5.41) is 3.38. The molecule has 2 rings (SSSR count). The third-order valence-electron chi connectivity index (χ3n) is 3.81. The number of hydrogen-bond donors (Lipinski definition) is 2. The second-order valence-corrected chi connectivity index (χ2v) is 7.42. The smallest absolute Gasteiger partial charge is 0.175 e. The van der Waals surface area contributed by atoms with Crippen LogP contribution in [-0.2, 0) is 14.6 Å². The quantitative estimate of drug-likeness (QED) is 0.830. The molecule has 0 aromatic heterocycles. The first-order chi connectivity index (χ1) is 9.38. The van der Waals surface area contributed by atoms with E-state index in [2.05, 4.69) is 12.2 Å². The molecule has 6 heteroatoms. The Labute approximate surface area is 120 Å². The van der Waals surface area contributed by atoms with Crippen molar-refractivity contribution >= 4 is 21.2 Å². The maximum absolute atomic E-state index is 11.5. The summed E-state index contributed by atoms with van der Waals surface area (Å²) < 4.78 is 28.3. The van der Waals surface area contributed by atoms with Crippen LogP contribution in [0, 0.1) is 5.92 Å². The van der Waals surface area contributed by atoms with Gasteiger partial charge in [0, 0.05) is 25.5 Å². The van der Waals surface area contributed by atoms with Crippen molar-refractivity contribution < 1.29 is 13.2 Å². The van der Waals surface area contributed by atoms with Gasteiger partial charge in [0.2, 0.25) is 0 Å². The monoisotopic (exact) mass is 298 g/mol. The Morgan fingerprint density at radius 3 is 2.55 bits per heavy atom. The van der Waals surface area contributed by atoms with Crippen LogP contribution in [0.3, 0.4) is 0 Å². The van der Waals surface area contributed by atoms with Crippen LogP contribution in [0.15, 0.2) is 23.1 Å². The molecule has 1 aromatic rings. The Hall–Kier alpha value is -1.27. The van der Waals surface area contributed by atoms with Gasteiger partial charge in [-0.2, -0.15) is 0 Å². The molecule has 5 nitrogen and oxygen atoms in total. The topological polar surface area (TPSA) is 81.4 Å². The molecule has 3 N–H and O–H groups in total. The first kappa shape index (κ1) is 15.1. The normalized spacial score (nSPS) is 18.7. The van der Waals surface area contributed by atoms with E-state index < -0.39 is 9.84 Å². The fraction of sp³-hybridized carbons (Fsp3) is 0.571. The van der Waals surface area contributed by atoms with Gasteiger partial charge < -0.3 is 15.8 Å². The first-order valence-electron chi connectivity index (χ1n) is 6.82. The van der Waals surface area contributed by atoms with Crippen molar-refractivity contribution in [1.82, 2.24) is 0 Å². The lowest BCUT2D eigenvalue weighted by Gasteiger charge is -2.29. The summed E-state index contributed by atoms with van der Waals surface area (Å²) in [6.45, 7) is 3.73. The maximum atomic E-state index is 11.5. The summed E-state index contributed by atoms with van der Waals surface area (Å²) in [6.07, 6.45) is 3.25. The minimum absolute atomic E-state index is 0.249. The van der Waals surface area contributed by atoms with E-state index >= 15 is 0 Å². The van der Waals surface area contributed by atoms with Crippen molar-refractivity contribution in [3.8, 4) is 0 Å². The zero-order chi connectivity index (χ0) is 14.8. The van der Waals surface area contributed by atoms with Crippen LogP contribution in [0.1, 0.15) is 19.8 Å². The van der Waals surface area contributed by atoms with Crippen LogP contribution in [0.5, 0.6) is 0 Å². The van der Waals surface area contributed by atoms with Crippen LogP contribution in [0.4, 0.5) is 11.4 Å². The third-order valence-corrected chi connectivity index (χ3v) is 4.92. The average molecular weight is 298 g/mol. The lowest BCUT2D eigenvalue weighted by Crippen LogP contribution is -2.31. The molecule has 0 saturated carbocycles. The molecular formula is C14H22N2O3S. The number of sulfone groups is 1. The minimum atomic E-state index is -3.22. The second-order valence-electron chi connectivity index (χ2n) is 5.40. The number of ether oxygens (including phenoxy) is 1. The van der Waals surface area contributed by atoms with E-state index in [1.807, 2.05) is 0 Å². The van der Waals surface area contributed by atoms with E-state index in [0.717, 1.165) is 31.7 Å². The van der Waals surface area contributed by atoms with E-state index in [1.165, 1.54) is 12.3 Å². The second kappa shape index (κ2) is 6.01. The molecule has 0 spiro atoms. The molecule has 1 aromatic carbocycles. The Kier molecular flexibility index (Phi) is 4.55. The van der Waals surface area contributed by atoms with Crippen molar-refractivity contribution in [2.24, 2.45) is 5.92 Å². The summed E-state index contributed by atoms with van der Waals surface area (Å²) in [5.74, 6) is 0.553. The number of benzene rings is 1. The molecule has 1 aliphatic rings. The van der Waals surface area contributed by atoms with Gasteiger partial charge in [-0.05, 0) is 43.9 Å². The number of nitrogen functional groups attached to an aromatic ring is 1. The van der Waals surface area contributed by atoms with E-state index in [0.29, 0.717) is 11.6 Å². The van der Waals surface area contributed by atoms with E-state index in [9.17, 15) is 8.42 Å². The summed E-state index contributed by atoms with van der Waals surface area (Å²) >= 11 is 0. The Bertz CT molecular complexity index is 566. The molecular weight excluding hydrogens is 276 g/mol. The Morgan fingerprint density at radius 2 is 2.00 bits per heavy atom. The van der Waals surface area contributed by atoms with E-state index in [-0.39, 0.29) is 10.9 Å². The van der Waals surface area contributed by atoms with Gasteiger partial charge in [-0.3, -0.25) is 0 Å². The van der Waals surface area contributed by atoms with Crippen LogP contribution in [0.2, 0.25) is 0 Å². The molecule has 1 fully saturated rings. The maximum Gasteiger partial charge on any atom is 0.175 e.